The Morgan fingerprint density at radius 1 is 1.47 bits per heavy atom. The third-order valence-electron chi connectivity index (χ3n) is 2.93. The van der Waals surface area contributed by atoms with Gasteiger partial charge in [-0.25, -0.2) is 4.39 Å². The lowest BCUT2D eigenvalue weighted by atomic mass is 10.0. The van der Waals surface area contributed by atoms with Crippen molar-refractivity contribution in [3.8, 4) is 5.75 Å². The van der Waals surface area contributed by atoms with E-state index >= 15 is 0 Å². The fourth-order valence-corrected chi connectivity index (χ4v) is 1.30. The first-order valence-electron chi connectivity index (χ1n) is 5.17. The van der Waals surface area contributed by atoms with Crippen LogP contribution in [0.2, 0.25) is 0 Å². The summed E-state index contributed by atoms with van der Waals surface area (Å²) in [4.78, 5) is 12.6. The number of rotatable bonds is 4. The van der Waals surface area contributed by atoms with Crippen LogP contribution in [0, 0.1) is 5.82 Å². The van der Waals surface area contributed by atoms with E-state index in [2.05, 4.69) is 0 Å². The largest absolute Gasteiger partial charge is 0.508 e. The van der Waals surface area contributed by atoms with Crippen molar-refractivity contribution in [1.29, 1.82) is 0 Å². The Hall–Kier alpha value is -1.62. The van der Waals surface area contributed by atoms with Gasteiger partial charge in [0, 0.05) is 12.1 Å². The summed E-state index contributed by atoms with van der Waals surface area (Å²) in [6, 6.07) is 3.61. The van der Waals surface area contributed by atoms with E-state index in [0.717, 1.165) is 6.07 Å². The van der Waals surface area contributed by atoms with Crippen molar-refractivity contribution in [2.45, 2.75) is 25.9 Å². The molecule has 0 aromatic heterocycles. The van der Waals surface area contributed by atoms with E-state index < -0.39 is 17.3 Å². The second-order valence-corrected chi connectivity index (χ2v) is 4.49. The zero-order valence-corrected chi connectivity index (χ0v) is 10.1. The molecule has 0 spiro atoms. The summed E-state index contributed by atoms with van der Waals surface area (Å²) in [5, 5.41) is 18.6. The van der Waals surface area contributed by atoms with Crippen molar-refractivity contribution in [3.05, 3.63) is 29.6 Å². The minimum Gasteiger partial charge on any atom is -0.508 e. The number of aromatic hydroxyl groups is 1. The van der Waals surface area contributed by atoms with Crippen LogP contribution < -0.4 is 0 Å². The van der Waals surface area contributed by atoms with Crippen LogP contribution in [0.4, 0.5) is 4.39 Å². The number of hydrogen-bond acceptors (Lipinski definition) is 3. The third-order valence-corrected chi connectivity index (χ3v) is 2.93. The average molecular weight is 241 g/mol. The lowest BCUT2D eigenvalue weighted by Crippen LogP contribution is -2.47. The van der Waals surface area contributed by atoms with Crippen molar-refractivity contribution in [3.63, 3.8) is 0 Å². The zero-order valence-electron chi connectivity index (χ0n) is 10.1. The Morgan fingerprint density at radius 2 is 2.06 bits per heavy atom. The number of nitrogens with zero attached hydrogens (tertiary/aromatic N) is 1. The summed E-state index contributed by atoms with van der Waals surface area (Å²) in [5.41, 5.74) is -0.722. The SMILES string of the molecule is CN(Cc1cc(F)ccc1O)C(C)(C)C(=O)O. The molecule has 0 fully saturated rings. The predicted molar refractivity (Wildman–Crippen MR) is 61.2 cm³/mol. The Morgan fingerprint density at radius 3 is 2.59 bits per heavy atom. The summed E-state index contributed by atoms with van der Waals surface area (Å²) >= 11 is 0. The van der Waals surface area contributed by atoms with Gasteiger partial charge in [-0.1, -0.05) is 0 Å². The lowest BCUT2D eigenvalue weighted by Gasteiger charge is -2.31. The van der Waals surface area contributed by atoms with E-state index in [4.69, 9.17) is 5.11 Å². The Bertz CT molecular complexity index is 432. The van der Waals surface area contributed by atoms with Crippen molar-refractivity contribution in [2.75, 3.05) is 7.05 Å². The molecule has 0 amide bonds. The minimum absolute atomic E-state index is 0.0422. The normalized spacial score (nSPS) is 11.8. The third kappa shape index (κ3) is 2.94. The van der Waals surface area contributed by atoms with Crippen LogP contribution in [0.25, 0.3) is 0 Å². The molecule has 2 N–H and O–H groups in total. The summed E-state index contributed by atoms with van der Waals surface area (Å²) in [5.74, 6) is -1.48. The fraction of sp³-hybridized carbons (Fsp3) is 0.417. The number of carboxylic acids is 1. The molecule has 4 nitrogen and oxygen atoms in total. The van der Waals surface area contributed by atoms with Gasteiger partial charge >= 0.3 is 5.97 Å². The van der Waals surface area contributed by atoms with E-state index in [1.807, 2.05) is 0 Å². The molecule has 5 heteroatoms. The molecule has 0 bridgehead atoms. The van der Waals surface area contributed by atoms with Crippen molar-refractivity contribution >= 4 is 5.97 Å². The van der Waals surface area contributed by atoms with E-state index in [0.29, 0.717) is 5.56 Å². The van der Waals surface area contributed by atoms with Crippen LogP contribution in [-0.4, -0.2) is 33.7 Å². The molecule has 17 heavy (non-hydrogen) atoms. The number of likely N-dealkylation sites (N-methyl/N-ethyl adjacent to an activating group) is 1. The number of aliphatic carboxylic acids is 1. The maximum Gasteiger partial charge on any atom is 0.323 e. The van der Waals surface area contributed by atoms with E-state index in [9.17, 15) is 14.3 Å². The Balaban J connectivity index is 2.91. The standard InChI is InChI=1S/C12H16FNO3/c1-12(2,11(16)17)14(3)7-8-6-9(13)4-5-10(8)15/h4-6,15H,7H2,1-3H3,(H,16,17). The Labute approximate surface area is 99.3 Å². The van der Waals surface area contributed by atoms with Gasteiger partial charge in [0.2, 0.25) is 0 Å². The highest BCUT2D eigenvalue weighted by atomic mass is 19.1. The second-order valence-electron chi connectivity index (χ2n) is 4.49. The van der Waals surface area contributed by atoms with Crippen LogP contribution in [0.1, 0.15) is 19.4 Å². The zero-order chi connectivity index (χ0) is 13.2. The first-order chi connectivity index (χ1) is 7.75. The van der Waals surface area contributed by atoms with E-state index in [1.165, 1.54) is 17.0 Å². The van der Waals surface area contributed by atoms with Gasteiger partial charge in [0.25, 0.3) is 0 Å². The van der Waals surface area contributed by atoms with Crippen molar-refractivity contribution in [1.82, 2.24) is 4.90 Å². The maximum absolute atomic E-state index is 13.0. The maximum atomic E-state index is 13.0. The quantitative estimate of drug-likeness (QED) is 0.844. The van der Waals surface area contributed by atoms with Crippen LogP contribution in [0.5, 0.6) is 5.75 Å². The number of hydrogen-bond donors (Lipinski definition) is 2. The molecule has 0 radical (unpaired) electrons. The number of carbonyl (C=O) groups is 1. The number of carboxylic acid groups (broad SMARTS) is 1. The summed E-state index contributed by atoms with van der Waals surface area (Å²) in [7, 11) is 1.61. The molecular formula is C12H16FNO3. The van der Waals surface area contributed by atoms with Gasteiger partial charge in [-0.15, -0.1) is 0 Å². The van der Waals surface area contributed by atoms with E-state index in [1.54, 1.807) is 20.9 Å². The summed E-state index contributed by atoms with van der Waals surface area (Å²) in [6.45, 7) is 3.25. The molecule has 1 aromatic carbocycles. The molecule has 0 atom stereocenters. The topological polar surface area (TPSA) is 60.8 Å². The van der Waals surface area contributed by atoms with Gasteiger partial charge in [-0.05, 0) is 39.1 Å². The molecule has 0 heterocycles. The van der Waals surface area contributed by atoms with Gasteiger partial charge < -0.3 is 10.2 Å². The lowest BCUT2D eigenvalue weighted by molar-refractivity contribution is -0.148. The van der Waals surface area contributed by atoms with Gasteiger partial charge in [-0.3, -0.25) is 9.69 Å². The summed E-state index contributed by atoms with van der Waals surface area (Å²) in [6.07, 6.45) is 0. The first kappa shape index (κ1) is 13.4. The van der Waals surface area contributed by atoms with Gasteiger partial charge in [-0.2, -0.15) is 0 Å². The molecule has 0 aliphatic heterocycles. The van der Waals surface area contributed by atoms with Crippen molar-refractivity contribution < 1.29 is 19.4 Å². The molecule has 94 valence electrons. The molecule has 0 saturated heterocycles. The second kappa shape index (κ2) is 4.71. The monoisotopic (exact) mass is 241 g/mol. The van der Waals surface area contributed by atoms with Crippen LogP contribution in [0.15, 0.2) is 18.2 Å². The van der Waals surface area contributed by atoms with Crippen LogP contribution in [0.3, 0.4) is 0 Å². The predicted octanol–water partition coefficient (Wildman–Crippen LogP) is 1.83. The molecule has 0 aliphatic rings. The number of benzene rings is 1. The number of phenols is 1. The van der Waals surface area contributed by atoms with Crippen LogP contribution >= 0.6 is 0 Å². The van der Waals surface area contributed by atoms with Gasteiger partial charge in [0.1, 0.15) is 17.1 Å². The van der Waals surface area contributed by atoms with Crippen LogP contribution in [-0.2, 0) is 11.3 Å². The molecule has 1 aromatic rings. The number of halogens is 1. The highest BCUT2D eigenvalue weighted by molar-refractivity contribution is 5.77. The minimum atomic E-state index is -1.08. The molecular weight excluding hydrogens is 225 g/mol. The Kier molecular flexibility index (Phi) is 3.72. The molecule has 0 saturated carbocycles. The molecule has 0 aliphatic carbocycles. The molecule has 1 rings (SSSR count). The highest BCUT2D eigenvalue weighted by Crippen LogP contribution is 2.23. The molecule has 0 unspecified atom stereocenters. The average Bonchev–Trinajstić information content (AvgIpc) is 2.23. The highest BCUT2D eigenvalue weighted by Gasteiger charge is 2.32. The van der Waals surface area contributed by atoms with E-state index in [-0.39, 0.29) is 12.3 Å². The number of phenolic OH excluding ortho intramolecular Hbond substituents is 1. The summed E-state index contributed by atoms with van der Waals surface area (Å²) < 4.78 is 13.0. The van der Waals surface area contributed by atoms with Gasteiger partial charge in [0.15, 0.2) is 0 Å². The smallest absolute Gasteiger partial charge is 0.323 e. The van der Waals surface area contributed by atoms with Gasteiger partial charge in [0.05, 0.1) is 0 Å². The fourth-order valence-electron chi connectivity index (χ4n) is 1.30. The van der Waals surface area contributed by atoms with Crippen molar-refractivity contribution in [2.24, 2.45) is 0 Å². The first-order valence-corrected chi connectivity index (χ1v) is 5.17.